The van der Waals surface area contributed by atoms with Crippen LogP contribution in [0.4, 0.5) is 5.69 Å². The van der Waals surface area contributed by atoms with Crippen LogP contribution in [0.5, 0.6) is 0 Å². The molecule has 2 saturated heterocycles. The minimum Gasteiger partial charge on any atom is -0.368 e. The van der Waals surface area contributed by atoms with Gasteiger partial charge in [0.15, 0.2) is 0 Å². The Kier molecular flexibility index (Phi) is 3.46. The van der Waals surface area contributed by atoms with E-state index in [1.807, 2.05) is 6.07 Å². The molecule has 0 amide bonds. The predicted octanol–water partition coefficient (Wildman–Crippen LogP) is 1.74. The van der Waals surface area contributed by atoms with Gasteiger partial charge in [-0.3, -0.25) is 4.90 Å². The number of anilines is 1. The summed E-state index contributed by atoms with van der Waals surface area (Å²) in [6.07, 6.45) is 0. The van der Waals surface area contributed by atoms with E-state index in [0.717, 1.165) is 37.7 Å². The number of hydrogen-bond donors (Lipinski definition) is 1. The molecule has 3 nitrogen and oxygen atoms in total. The first-order chi connectivity index (χ1) is 8.75. The zero-order valence-electron chi connectivity index (χ0n) is 10.8. The number of nitrogens with zero attached hydrogens (tertiary/aromatic N) is 2. The fourth-order valence-electron chi connectivity index (χ4n) is 3.03. The fraction of sp³-hybridized carbons (Fsp3) is 0.571. The number of piperazine rings is 2. The van der Waals surface area contributed by atoms with Crippen LogP contribution >= 0.6 is 11.6 Å². The second-order valence-electron chi connectivity index (χ2n) is 5.22. The Balaban J connectivity index is 1.79. The van der Waals surface area contributed by atoms with Gasteiger partial charge in [-0.1, -0.05) is 17.7 Å². The smallest absolute Gasteiger partial charge is 0.0455 e. The van der Waals surface area contributed by atoms with Crippen LogP contribution in [0.15, 0.2) is 18.2 Å². The number of nitrogens with one attached hydrogen (secondary N) is 1. The molecule has 2 aliphatic rings. The number of rotatable bonds is 1. The SMILES string of the molecule is Cc1c(Cl)cccc1N1CCN2CCNCC2C1. The zero-order chi connectivity index (χ0) is 12.5. The average Bonchev–Trinajstić information content (AvgIpc) is 2.41. The summed E-state index contributed by atoms with van der Waals surface area (Å²) in [5.74, 6) is 0. The first-order valence-electron chi connectivity index (χ1n) is 6.70. The first-order valence-corrected chi connectivity index (χ1v) is 7.08. The second kappa shape index (κ2) is 5.08. The molecular weight excluding hydrogens is 246 g/mol. The quantitative estimate of drug-likeness (QED) is 0.835. The van der Waals surface area contributed by atoms with Gasteiger partial charge in [-0.15, -0.1) is 0 Å². The van der Waals surface area contributed by atoms with E-state index in [9.17, 15) is 0 Å². The van der Waals surface area contributed by atoms with Gasteiger partial charge in [-0.25, -0.2) is 0 Å². The molecule has 0 spiro atoms. The van der Waals surface area contributed by atoms with Crippen molar-refractivity contribution in [3.05, 3.63) is 28.8 Å². The van der Waals surface area contributed by atoms with E-state index in [2.05, 4.69) is 34.2 Å². The molecule has 18 heavy (non-hydrogen) atoms. The normalized spacial score (nSPS) is 25.0. The Labute approximate surface area is 114 Å². The van der Waals surface area contributed by atoms with Crippen molar-refractivity contribution in [2.45, 2.75) is 13.0 Å². The third kappa shape index (κ3) is 2.22. The number of hydrogen-bond acceptors (Lipinski definition) is 3. The summed E-state index contributed by atoms with van der Waals surface area (Å²) in [6.45, 7) is 8.92. The molecule has 1 aromatic carbocycles. The maximum absolute atomic E-state index is 6.22. The minimum atomic E-state index is 0.644. The largest absolute Gasteiger partial charge is 0.368 e. The summed E-state index contributed by atoms with van der Waals surface area (Å²) in [4.78, 5) is 5.09. The van der Waals surface area contributed by atoms with Crippen molar-refractivity contribution in [1.82, 2.24) is 10.2 Å². The molecule has 2 aliphatic heterocycles. The highest BCUT2D eigenvalue weighted by Gasteiger charge is 2.29. The lowest BCUT2D eigenvalue weighted by Crippen LogP contribution is -2.61. The molecule has 4 heteroatoms. The molecule has 3 rings (SSSR count). The lowest BCUT2D eigenvalue weighted by Gasteiger charge is -2.45. The molecule has 0 aliphatic carbocycles. The van der Waals surface area contributed by atoms with E-state index in [1.165, 1.54) is 17.8 Å². The molecule has 2 heterocycles. The maximum atomic E-state index is 6.22. The Morgan fingerprint density at radius 1 is 1.28 bits per heavy atom. The molecule has 2 fully saturated rings. The average molecular weight is 266 g/mol. The van der Waals surface area contributed by atoms with Crippen LogP contribution in [0, 0.1) is 6.92 Å². The fourth-order valence-corrected chi connectivity index (χ4v) is 3.20. The minimum absolute atomic E-state index is 0.644. The van der Waals surface area contributed by atoms with E-state index in [0.29, 0.717) is 6.04 Å². The number of halogens is 1. The van der Waals surface area contributed by atoms with Crippen molar-refractivity contribution in [3.63, 3.8) is 0 Å². The molecule has 1 unspecified atom stereocenters. The van der Waals surface area contributed by atoms with Crippen LogP contribution in [-0.2, 0) is 0 Å². The van der Waals surface area contributed by atoms with Gasteiger partial charge in [0.2, 0.25) is 0 Å². The Morgan fingerprint density at radius 3 is 3.06 bits per heavy atom. The molecule has 0 saturated carbocycles. The first kappa shape index (κ1) is 12.3. The molecule has 0 radical (unpaired) electrons. The third-order valence-corrected chi connectivity index (χ3v) is 4.55. The van der Waals surface area contributed by atoms with Gasteiger partial charge in [-0.2, -0.15) is 0 Å². The van der Waals surface area contributed by atoms with E-state index >= 15 is 0 Å². The molecule has 1 aromatic rings. The summed E-state index contributed by atoms with van der Waals surface area (Å²) in [5.41, 5.74) is 2.50. The molecule has 1 N–H and O–H groups in total. The summed E-state index contributed by atoms with van der Waals surface area (Å²) in [6, 6.07) is 6.85. The topological polar surface area (TPSA) is 18.5 Å². The third-order valence-electron chi connectivity index (χ3n) is 4.14. The van der Waals surface area contributed by atoms with Crippen LogP contribution in [0.3, 0.4) is 0 Å². The van der Waals surface area contributed by atoms with Gasteiger partial charge in [-0.05, 0) is 24.6 Å². The summed E-state index contributed by atoms with van der Waals surface area (Å²) < 4.78 is 0. The van der Waals surface area contributed by atoms with Crippen molar-refractivity contribution in [3.8, 4) is 0 Å². The van der Waals surface area contributed by atoms with Crippen LogP contribution < -0.4 is 10.2 Å². The molecule has 1 atom stereocenters. The zero-order valence-corrected chi connectivity index (χ0v) is 11.6. The standard InChI is InChI=1S/C14H20ClN3/c1-11-13(15)3-2-4-14(11)18-8-7-17-6-5-16-9-12(17)10-18/h2-4,12,16H,5-10H2,1H3. The molecular formula is C14H20ClN3. The highest BCUT2D eigenvalue weighted by atomic mass is 35.5. The van der Waals surface area contributed by atoms with Gasteiger partial charge in [0.1, 0.15) is 0 Å². The van der Waals surface area contributed by atoms with Crippen LogP contribution in [0.25, 0.3) is 0 Å². The van der Waals surface area contributed by atoms with Gasteiger partial charge >= 0.3 is 0 Å². The maximum Gasteiger partial charge on any atom is 0.0455 e. The van der Waals surface area contributed by atoms with Crippen LogP contribution in [0.2, 0.25) is 5.02 Å². The van der Waals surface area contributed by atoms with E-state index in [1.54, 1.807) is 0 Å². The summed E-state index contributed by atoms with van der Waals surface area (Å²) in [5, 5.41) is 4.36. The Morgan fingerprint density at radius 2 is 2.17 bits per heavy atom. The van der Waals surface area contributed by atoms with Crippen molar-refractivity contribution in [2.75, 3.05) is 44.2 Å². The molecule has 0 bridgehead atoms. The van der Waals surface area contributed by atoms with Crippen molar-refractivity contribution in [1.29, 1.82) is 0 Å². The monoisotopic (exact) mass is 265 g/mol. The van der Waals surface area contributed by atoms with E-state index in [4.69, 9.17) is 11.6 Å². The highest BCUT2D eigenvalue weighted by Crippen LogP contribution is 2.28. The molecule has 98 valence electrons. The Bertz CT molecular complexity index is 435. The van der Waals surface area contributed by atoms with Crippen molar-refractivity contribution < 1.29 is 0 Å². The summed E-state index contributed by atoms with van der Waals surface area (Å²) >= 11 is 6.22. The Hall–Kier alpha value is -0.770. The van der Waals surface area contributed by atoms with Crippen LogP contribution in [0.1, 0.15) is 5.56 Å². The van der Waals surface area contributed by atoms with E-state index < -0.39 is 0 Å². The second-order valence-corrected chi connectivity index (χ2v) is 5.63. The van der Waals surface area contributed by atoms with Gasteiger partial charge in [0.25, 0.3) is 0 Å². The summed E-state index contributed by atoms with van der Waals surface area (Å²) in [7, 11) is 0. The van der Waals surface area contributed by atoms with Gasteiger partial charge < -0.3 is 10.2 Å². The highest BCUT2D eigenvalue weighted by molar-refractivity contribution is 6.31. The van der Waals surface area contributed by atoms with Gasteiger partial charge in [0.05, 0.1) is 0 Å². The lowest BCUT2D eigenvalue weighted by atomic mass is 10.1. The number of benzene rings is 1. The van der Waals surface area contributed by atoms with Crippen molar-refractivity contribution >= 4 is 17.3 Å². The van der Waals surface area contributed by atoms with E-state index in [-0.39, 0.29) is 0 Å². The molecule has 0 aromatic heterocycles. The van der Waals surface area contributed by atoms with Gasteiger partial charge in [0, 0.05) is 56.0 Å². The predicted molar refractivity (Wildman–Crippen MR) is 76.6 cm³/mol. The van der Waals surface area contributed by atoms with Crippen LogP contribution in [-0.4, -0.2) is 50.2 Å². The van der Waals surface area contributed by atoms with Crippen molar-refractivity contribution in [2.24, 2.45) is 0 Å². The number of fused-ring (bicyclic) bond motifs is 1. The lowest BCUT2D eigenvalue weighted by molar-refractivity contribution is 0.146.